The topological polar surface area (TPSA) is 75.8 Å². The van der Waals surface area contributed by atoms with Crippen LogP contribution in [0, 0.1) is 0 Å². The number of hydrogen-bond donors (Lipinski definition) is 2. The SMILES string of the molecule is CCOc1cc(Cl)ccc1CNC(=NC)NCc1nnc2ccccn12.I. The zero-order valence-electron chi connectivity index (χ0n) is 15.1. The summed E-state index contributed by atoms with van der Waals surface area (Å²) in [4.78, 5) is 4.25. The van der Waals surface area contributed by atoms with Crippen molar-refractivity contribution in [3.05, 3.63) is 59.0 Å². The molecule has 0 radical (unpaired) electrons. The van der Waals surface area contributed by atoms with Gasteiger partial charge in [-0.3, -0.25) is 9.39 Å². The van der Waals surface area contributed by atoms with Crippen LogP contribution >= 0.6 is 35.6 Å². The molecule has 2 heterocycles. The van der Waals surface area contributed by atoms with Crippen molar-refractivity contribution in [3.8, 4) is 5.75 Å². The number of guanidine groups is 1. The average molecular weight is 501 g/mol. The van der Waals surface area contributed by atoms with E-state index in [2.05, 4.69) is 25.8 Å². The van der Waals surface area contributed by atoms with Crippen LogP contribution in [-0.2, 0) is 13.1 Å². The van der Waals surface area contributed by atoms with Gasteiger partial charge >= 0.3 is 0 Å². The number of nitrogens with one attached hydrogen (secondary N) is 2. The van der Waals surface area contributed by atoms with E-state index in [9.17, 15) is 0 Å². The number of aliphatic imine (C=N–C) groups is 1. The van der Waals surface area contributed by atoms with Crippen LogP contribution in [-0.4, -0.2) is 34.2 Å². The van der Waals surface area contributed by atoms with Gasteiger partial charge in [-0.15, -0.1) is 34.2 Å². The molecule has 0 unspecified atom stereocenters. The smallest absolute Gasteiger partial charge is 0.191 e. The highest BCUT2D eigenvalue weighted by Gasteiger charge is 2.08. The standard InChI is InChI=1S/C18H21ClN6O.HI/c1-3-26-15-10-14(19)8-7-13(15)11-21-18(20-2)22-12-17-24-23-16-6-4-5-9-25(16)17;/h4-10H,3,11-12H2,1-2H3,(H2,20,21,22);1H. The molecule has 27 heavy (non-hydrogen) atoms. The Morgan fingerprint density at radius 2 is 2.00 bits per heavy atom. The van der Waals surface area contributed by atoms with Crippen LogP contribution < -0.4 is 15.4 Å². The Bertz CT molecular complexity index is 914. The maximum atomic E-state index is 6.05. The quantitative estimate of drug-likeness (QED) is 0.309. The summed E-state index contributed by atoms with van der Waals surface area (Å²) in [5.41, 5.74) is 1.82. The molecule has 0 aliphatic carbocycles. The zero-order chi connectivity index (χ0) is 18.4. The Hall–Kier alpha value is -2.07. The number of nitrogens with zero attached hydrogens (tertiary/aromatic N) is 4. The third-order valence-electron chi connectivity index (χ3n) is 3.80. The van der Waals surface area contributed by atoms with E-state index >= 15 is 0 Å². The first-order valence-electron chi connectivity index (χ1n) is 8.35. The molecule has 0 spiro atoms. The summed E-state index contributed by atoms with van der Waals surface area (Å²) in [6.45, 7) is 3.60. The minimum absolute atomic E-state index is 0. The number of pyridine rings is 1. The lowest BCUT2D eigenvalue weighted by Gasteiger charge is -2.14. The largest absolute Gasteiger partial charge is 0.493 e. The molecule has 3 aromatic rings. The van der Waals surface area contributed by atoms with Gasteiger partial charge in [0.15, 0.2) is 17.4 Å². The Morgan fingerprint density at radius 3 is 2.78 bits per heavy atom. The van der Waals surface area contributed by atoms with Crippen LogP contribution in [0.4, 0.5) is 0 Å². The Kier molecular flexibility index (Phi) is 8.11. The van der Waals surface area contributed by atoms with Gasteiger partial charge in [-0.25, -0.2) is 0 Å². The van der Waals surface area contributed by atoms with Gasteiger partial charge in [-0.05, 0) is 31.2 Å². The average Bonchev–Trinajstić information content (AvgIpc) is 3.07. The van der Waals surface area contributed by atoms with E-state index in [0.29, 0.717) is 30.7 Å². The zero-order valence-corrected chi connectivity index (χ0v) is 18.2. The lowest BCUT2D eigenvalue weighted by Crippen LogP contribution is -2.36. The van der Waals surface area contributed by atoms with Crippen LogP contribution in [0.1, 0.15) is 18.3 Å². The number of halogens is 2. The summed E-state index contributed by atoms with van der Waals surface area (Å²) in [6.07, 6.45) is 1.94. The maximum absolute atomic E-state index is 6.05. The highest BCUT2D eigenvalue weighted by molar-refractivity contribution is 14.0. The summed E-state index contributed by atoms with van der Waals surface area (Å²) in [6, 6.07) is 11.4. The minimum Gasteiger partial charge on any atom is -0.493 e. The number of rotatable bonds is 6. The van der Waals surface area contributed by atoms with E-state index in [0.717, 1.165) is 22.8 Å². The molecule has 0 aliphatic rings. The molecule has 0 atom stereocenters. The Morgan fingerprint density at radius 1 is 1.19 bits per heavy atom. The van der Waals surface area contributed by atoms with Crippen molar-refractivity contribution in [2.45, 2.75) is 20.0 Å². The minimum atomic E-state index is 0. The van der Waals surface area contributed by atoms with Crippen LogP contribution in [0.2, 0.25) is 5.02 Å². The molecule has 0 amide bonds. The molecule has 144 valence electrons. The molecule has 9 heteroatoms. The fraction of sp³-hybridized carbons (Fsp3) is 0.278. The number of ether oxygens (including phenoxy) is 1. The second kappa shape index (κ2) is 10.3. The molecular weight excluding hydrogens is 479 g/mol. The number of aromatic nitrogens is 3. The normalized spacial score (nSPS) is 11.1. The van der Waals surface area contributed by atoms with Crippen LogP contribution in [0.3, 0.4) is 0 Å². The molecule has 0 saturated carbocycles. The van der Waals surface area contributed by atoms with Gasteiger partial charge < -0.3 is 15.4 Å². The van der Waals surface area contributed by atoms with Crippen LogP contribution in [0.5, 0.6) is 5.75 Å². The molecule has 0 saturated heterocycles. The molecule has 0 aliphatic heterocycles. The van der Waals surface area contributed by atoms with Gasteiger partial charge in [0.25, 0.3) is 0 Å². The van der Waals surface area contributed by atoms with Crippen LogP contribution in [0.25, 0.3) is 5.65 Å². The number of benzene rings is 1. The van der Waals surface area contributed by atoms with Crippen molar-refractivity contribution in [3.63, 3.8) is 0 Å². The van der Waals surface area contributed by atoms with Crippen molar-refractivity contribution in [1.29, 1.82) is 0 Å². The molecule has 0 fully saturated rings. The van der Waals surface area contributed by atoms with Gasteiger partial charge in [0.1, 0.15) is 5.75 Å². The van der Waals surface area contributed by atoms with Crippen molar-refractivity contribution >= 4 is 47.2 Å². The van der Waals surface area contributed by atoms with E-state index in [1.807, 2.05) is 53.9 Å². The molecule has 0 bridgehead atoms. The number of hydrogen-bond acceptors (Lipinski definition) is 4. The summed E-state index contributed by atoms with van der Waals surface area (Å²) < 4.78 is 7.58. The van der Waals surface area contributed by atoms with E-state index in [4.69, 9.17) is 16.3 Å². The van der Waals surface area contributed by atoms with Gasteiger partial charge in [-0.1, -0.05) is 23.7 Å². The van der Waals surface area contributed by atoms with Gasteiger partial charge in [0, 0.05) is 30.4 Å². The van der Waals surface area contributed by atoms with Crippen LogP contribution in [0.15, 0.2) is 47.6 Å². The second-order valence-corrected chi connectivity index (χ2v) is 5.95. The third kappa shape index (κ3) is 5.46. The molecule has 1 aromatic carbocycles. The van der Waals surface area contributed by atoms with Crippen molar-refractivity contribution in [2.24, 2.45) is 4.99 Å². The monoisotopic (exact) mass is 500 g/mol. The Labute approximate surface area is 180 Å². The molecule has 7 nitrogen and oxygen atoms in total. The first-order valence-corrected chi connectivity index (χ1v) is 8.73. The molecule has 2 aromatic heterocycles. The predicted octanol–water partition coefficient (Wildman–Crippen LogP) is 3.26. The van der Waals surface area contributed by atoms with E-state index in [1.54, 1.807) is 7.05 Å². The van der Waals surface area contributed by atoms with E-state index < -0.39 is 0 Å². The van der Waals surface area contributed by atoms with Gasteiger partial charge in [-0.2, -0.15) is 0 Å². The molecule has 2 N–H and O–H groups in total. The lowest BCUT2D eigenvalue weighted by molar-refractivity contribution is 0.336. The third-order valence-corrected chi connectivity index (χ3v) is 4.03. The summed E-state index contributed by atoms with van der Waals surface area (Å²) in [5.74, 6) is 2.24. The fourth-order valence-electron chi connectivity index (χ4n) is 2.54. The highest BCUT2D eigenvalue weighted by Crippen LogP contribution is 2.23. The van der Waals surface area contributed by atoms with E-state index in [-0.39, 0.29) is 24.0 Å². The van der Waals surface area contributed by atoms with E-state index in [1.165, 1.54) is 0 Å². The highest BCUT2D eigenvalue weighted by atomic mass is 127. The van der Waals surface area contributed by atoms with Crippen molar-refractivity contribution < 1.29 is 4.74 Å². The first-order chi connectivity index (χ1) is 12.7. The maximum Gasteiger partial charge on any atom is 0.191 e. The van der Waals surface area contributed by atoms with Gasteiger partial charge in [0.05, 0.1) is 13.2 Å². The summed E-state index contributed by atoms with van der Waals surface area (Å²) in [7, 11) is 1.72. The first kappa shape index (κ1) is 21.2. The Balaban J connectivity index is 0.00000261. The predicted molar refractivity (Wildman–Crippen MR) is 118 cm³/mol. The second-order valence-electron chi connectivity index (χ2n) is 5.51. The van der Waals surface area contributed by atoms with Crippen molar-refractivity contribution in [1.82, 2.24) is 25.2 Å². The summed E-state index contributed by atoms with van der Waals surface area (Å²) in [5, 5.41) is 15.5. The molecule has 3 rings (SSSR count). The lowest BCUT2D eigenvalue weighted by atomic mass is 10.2. The summed E-state index contributed by atoms with van der Waals surface area (Å²) >= 11 is 6.05. The number of fused-ring (bicyclic) bond motifs is 1. The molecular formula is C18H22ClIN6O. The van der Waals surface area contributed by atoms with Crippen molar-refractivity contribution in [2.75, 3.05) is 13.7 Å². The fourth-order valence-corrected chi connectivity index (χ4v) is 2.70. The van der Waals surface area contributed by atoms with Gasteiger partial charge in [0.2, 0.25) is 0 Å².